The molecule has 0 N–H and O–H groups in total. The van der Waals surface area contributed by atoms with Crippen LogP contribution in [-0.4, -0.2) is 81.0 Å². The van der Waals surface area contributed by atoms with Crippen LogP contribution in [0.25, 0.3) is 11.4 Å². The quantitative estimate of drug-likeness (QED) is 0.382. The SMILES string of the molecule is CC(C)(C)OC(=O)N1CCC(N(C(=O)c2cnc(-c3ccc(C(=O)CCC4CCCCO4)cc3)nc2)C2CC2)CC1. The largest absolute Gasteiger partial charge is 0.444 e. The Morgan fingerprint density at radius 3 is 2.17 bits per heavy atom. The van der Waals surface area contributed by atoms with Crippen LogP contribution in [-0.2, 0) is 9.47 Å². The van der Waals surface area contributed by atoms with E-state index in [4.69, 9.17) is 9.47 Å². The molecule has 2 amide bonds. The van der Waals surface area contributed by atoms with Crippen LogP contribution in [0.5, 0.6) is 0 Å². The predicted molar refractivity (Wildman–Crippen MR) is 155 cm³/mol. The smallest absolute Gasteiger partial charge is 0.410 e. The molecule has 1 unspecified atom stereocenters. The van der Waals surface area contributed by atoms with E-state index in [1.54, 1.807) is 17.3 Å². The first-order valence-corrected chi connectivity index (χ1v) is 15.1. The Labute approximate surface area is 242 Å². The maximum absolute atomic E-state index is 13.6. The summed E-state index contributed by atoms with van der Waals surface area (Å²) in [6.07, 6.45) is 11.1. The normalized spacial score (nSPS) is 20.0. The molecule has 3 aliphatic rings. The van der Waals surface area contributed by atoms with E-state index in [1.165, 1.54) is 6.42 Å². The van der Waals surface area contributed by atoms with Crippen molar-refractivity contribution in [2.75, 3.05) is 19.7 Å². The van der Waals surface area contributed by atoms with E-state index in [0.717, 1.165) is 57.1 Å². The lowest BCUT2D eigenvalue weighted by molar-refractivity contribution is 0.0104. The summed E-state index contributed by atoms with van der Waals surface area (Å²) in [5.41, 5.74) is 1.41. The zero-order valence-electron chi connectivity index (χ0n) is 24.5. The maximum atomic E-state index is 13.6. The first kappa shape index (κ1) is 29.2. The summed E-state index contributed by atoms with van der Waals surface area (Å²) in [5, 5.41) is 0. The fourth-order valence-corrected chi connectivity index (χ4v) is 5.65. The molecule has 5 rings (SSSR count). The van der Waals surface area contributed by atoms with Crippen molar-refractivity contribution >= 4 is 17.8 Å². The number of hydrogen-bond acceptors (Lipinski definition) is 7. The molecule has 0 bridgehead atoms. The molecule has 1 atom stereocenters. The molecule has 9 heteroatoms. The number of carbonyl (C=O) groups is 3. The number of Topliss-reactive ketones (excluding diaryl/α,β-unsaturated/α-hetero) is 1. The molecule has 3 fully saturated rings. The zero-order valence-corrected chi connectivity index (χ0v) is 24.5. The fraction of sp³-hybridized carbons (Fsp3) is 0.594. The first-order chi connectivity index (χ1) is 19.7. The van der Waals surface area contributed by atoms with Crippen LogP contribution in [0.1, 0.15) is 99.3 Å². The van der Waals surface area contributed by atoms with E-state index >= 15 is 0 Å². The Bertz CT molecular complexity index is 1210. The molecule has 0 spiro atoms. The van der Waals surface area contributed by atoms with E-state index in [9.17, 15) is 14.4 Å². The van der Waals surface area contributed by atoms with Crippen molar-refractivity contribution in [3.8, 4) is 11.4 Å². The maximum Gasteiger partial charge on any atom is 0.410 e. The summed E-state index contributed by atoms with van der Waals surface area (Å²) in [7, 11) is 0. The van der Waals surface area contributed by atoms with E-state index in [-0.39, 0.29) is 36.0 Å². The van der Waals surface area contributed by atoms with Crippen molar-refractivity contribution in [2.24, 2.45) is 0 Å². The van der Waals surface area contributed by atoms with Crippen LogP contribution in [0.4, 0.5) is 4.79 Å². The number of aromatic nitrogens is 2. The summed E-state index contributed by atoms with van der Waals surface area (Å²) in [4.78, 5) is 51.4. The van der Waals surface area contributed by atoms with Crippen LogP contribution in [0.3, 0.4) is 0 Å². The number of ketones is 1. The van der Waals surface area contributed by atoms with Crippen molar-refractivity contribution in [2.45, 2.75) is 102 Å². The summed E-state index contributed by atoms with van der Waals surface area (Å²) >= 11 is 0. The molecule has 1 aromatic heterocycles. The summed E-state index contributed by atoms with van der Waals surface area (Å²) in [5.74, 6) is 0.571. The number of amides is 2. The van der Waals surface area contributed by atoms with Crippen LogP contribution >= 0.6 is 0 Å². The third-order valence-corrected chi connectivity index (χ3v) is 8.02. The lowest BCUT2D eigenvalue weighted by atomic mass is 9.99. The molecule has 1 aliphatic carbocycles. The Morgan fingerprint density at radius 2 is 1.59 bits per heavy atom. The van der Waals surface area contributed by atoms with Crippen LogP contribution in [0.15, 0.2) is 36.7 Å². The standard InChI is InChI=1S/C32H42N4O5/c1-32(2,3)41-31(39)35-17-15-26(16-18-35)36(25-11-12-25)30(38)24-20-33-29(34-21-24)23-9-7-22(8-10-23)28(37)14-13-27-6-4-5-19-40-27/h7-10,20-21,25-27H,4-6,11-19H2,1-3H3. The van der Waals surface area contributed by atoms with Gasteiger partial charge in [-0.15, -0.1) is 0 Å². The van der Waals surface area contributed by atoms with Crippen LogP contribution in [0.2, 0.25) is 0 Å². The monoisotopic (exact) mass is 562 g/mol. The van der Waals surface area contributed by atoms with Crippen molar-refractivity contribution in [1.29, 1.82) is 0 Å². The second-order valence-electron chi connectivity index (χ2n) is 12.5. The van der Waals surface area contributed by atoms with Gasteiger partial charge in [-0.05, 0) is 72.1 Å². The average Bonchev–Trinajstić information content (AvgIpc) is 3.81. The number of hydrogen-bond donors (Lipinski definition) is 0. The van der Waals surface area contributed by atoms with Gasteiger partial charge in [0.15, 0.2) is 11.6 Å². The highest BCUT2D eigenvalue weighted by Gasteiger charge is 2.40. The number of rotatable bonds is 8. The number of ether oxygens (including phenoxy) is 2. The van der Waals surface area contributed by atoms with Crippen molar-refractivity contribution in [3.05, 3.63) is 47.8 Å². The van der Waals surface area contributed by atoms with E-state index in [0.29, 0.717) is 36.5 Å². The lowest BCUT2D eigenvalue weighted by Gasteiger charge is -2.39. The molecular formula is C32H42N4O5. The van der Waals surface area contributed by atoms with Crippen molar-refractivity contribution < 1.29 is 23.9 Å². The van der Waals surface area contributed by atoms with Gasteiger partial charge in [0.25, 0.3) is 5.91 Å². The topological polar surface area (TPSA) is 102 Å². The Kier molecular flexibility index (Phi) is 9.02. The molecule has 9 nitrogen and oxygen atoms in total. The zero-order chi connectivity index (χ0) is 29.0. The third kappa shape index (κ3) is 7.70. The number of benzene rings is 1. The molecule has 2 aliphatic heterocycles. The fourth-order valence-electron chi connectivity index (χ4n) is 5.65. The molecule has 2 aromatic rings. The van der Waals surface area contributed by atoms with Gasteiger partial charge in [0.1, 0.15) is 5.60 Å². The summed E-state index contributed by atoms with van der Waals surface area (Å²) in [6, 6.07) is 7.66. The van der Waals surface area contributed by atoms with Gasteiger partial charge in [-0.25, -0.2) is 14.8 Å². The van der Waals surface area contributed by atoms with Crippen LogP contribution < -0.4 is 0 Å². The van der Waals surface area contributed by atoms with E-state index in [2.05, 4.69) is 9.97 Å². The number of carbonyl (C=O) groups excluding carboxylic acids is 3. The van der Waals surface area contributed by atoms with Gasteiger partial charge in [0.05, 0.1) is 11.7 Å². The third-order valence-electron chi connectivity index (χ3n) is 8.02. The molecule has 3 heterocycles. The minimum absolute atomic E-state index is 0.0577. The Hall–Kier alpha value is -3.33. The molecule has 220 valence electrons. The summed E-state index contributed by atoms with van der Waals surface area (Å²) < 4.78 is 11.3. The number of piperidine rings is 1. The second-order valence-corrected chi connectivity index (χ2v) is 12.5. The minimum Gasteiger partial charge on any atom is -0.444 e. The van der Waals surface area contributed by atoms with Crippen molar-refractivity contribution in [1.82, 2.24) is 19.8 Å². The molecule has 2 saturated heterocycles. The van der Waals surface area contributed by atoms with Gasteiger partial charge >= 0.3 is 6.09 Å². The van der Waals surface area contributed by atoms with E-state index in [1.807, 2.05) is 49.9 Å². The summed E-state index contributed by atoms with van der Waals surface area (Å²) in [6.45, 7) is 7.53. The Morgan fingerprint density at radius 1 is 0.927 bits per heavy atom. The molecular weight excluding hydrogens is 520 g/mol. The van der Waals surface area contributed by atoms with Crippen LogP contribution in [0, 0.1) is 0 Å². The number of nitrogens with zero attached hydrogens (tertiary/aromatic N) is 4. The molecule has 0 radical (unpaired) electrons. The predicted octanol–water partition coefficient (Wildman–Crippen LogP) is 5.68. The van der Waals surface area contributed by atoms with Gasteiger partial charge in [0.2, 0.25) is 0 Å². The highest BCUT2D eigenvalue weighted by Crippen LogP contribution is 2.33. The number of likely N-dealkylation sites (tertiary alicyclic amines) is 1. The van der Waals surface area contributed by atoms with Gasteiger partial charge in [-0.1, -0.05) is 24.3 Å². The molecule has 1 saturated carbocycles. The van der Waals surface area contributed by atoms with Gasteiger partial charge in [-0.2, -0.15) is 0 Å². The second kappa shape index (κ2) is 12.7. The van der Waals surface area contributed by atoms with Crippen molar-refractivity contribution in [3.63, 3.8) is 0 Å². The van der Waals surface area contributed by atoms with Gasteiger partial charge in [-0.3, -0.25) is 9.59 Å². The average molecular weight is 563 g/mol. The van der Waals surface area contributed by atoms with Gasteiger partial charge < -0.3 is 19.3 Å². The minimum atomic E-state index is -0.528. The molecule has 1 aromatic carbocycles. The molecule has 41 heavy (non-hydrogen) atoms. The highest BCUT2D eigenvalue weighted by molar-refractivity contribution is 5.96. The lowest BCUT2D eigenvalue weighted by Crippen LogP contribution is -2.50. The van der Waals surface area contributed by atoms with E-state index < -0.39 is 5.60 Å². The first-order valence-electron chi connectivity index (χ1n) is 15.1. The highest BCUT2D eigenvalue weighted by atomic mass is 16.6. The Balaban J connectivity index is 1.17. The van der Waals surface area contributed by atoms with Gasteiger partial charge in [0, 0.05) is 61.7 Å².